The molecule has 0 bridgehead atoms. The van der Waals surface area contributed by atoms with Gasteiger partial charge in [0.25, 0.3) is 0 Å². The Balaban J connectivity index is 2.20. The molecule has 0 saturated carbocycles. The van der Waals surface area contributed by atoms with E-state index in [4.69, 9.17) is 9.84 Å². The maximum Gasteiger partial charge on any atom is 0.315 e. The van der Waals surface area contributed by atoms with Crippen molar-refractivity contribution >= 4 is 12.0 Å². The molecule has 0 aromatic rings. The van der Waals surface area contributed by atoms with Crippen LogP contribution < -0.4 is 10.6 Å². The minimum absolute atomic E-state index is 0.0112. The molecule has 0 aliphatic carbocycles. The number of nitrogens with one attached hydrogen (secondary N) is 2. The minimum Gasteiger partial charge on any atom is -0.481 e. The van der Waals surface area contributed by atoms with E-state index in [2.05, 4.69) is 10.6 Å². The van der Waals surface area contributed by atoms with Gasteiger partial charge in [0, 0.05) is 32.2 Å². The van der Waals surface area contributed by atoms with Crippen LogP contribution in [-0.4, -0.2) is 42.9 Å². The molecule has 18 heavy (non-hydrogen) atoms. The Bertz CT molecular complexity index is 277. The molecule has 1 fully saturated rings. The van der Waals surface area contributed by atoms with Crippen LogP contribution in [0.3, 0.4) is 0 Å². The summed E-state index contributed by atoms with van der Waals surface area (Å²) in [6.07, 6.45) is 2.50. The number of amides is 2. The first-order valence-corrected chi connectivity index (χ1v) is 6.45. The second kappa shape index (κ2) is 7.92. The molecule has 104 valence electrons. The molecule has 0 aromatic carbocycles. The summed E-state index contributed by atoms with van der Waals surface area (Å²) >= 11 is 0. The zero-order valence-corrected chi connectivity index (χ0v) is 10.8. The Kier molecular flexibility index (Phi) is 6.49. The fourth-order valence-corrected chi connectivity index (χ4v) is 1.92. The van der Waals surface area contributed by atoms with Crippen molar-refractivity contribution in [3.63, 3.8) is 0 Å². The Labute approximate surface area is 107 Å². The van der Waals surface area contributed by atoms with Crippen LogP contribution in [0.25, 0.3) is 0 Å². The van der Waals surface area contributed by atoms with Crippen LogP contribution in [-0.2, 0) is 9.53 Å². The van der Waals surface area contributed by atoms with Crippen LogP contribution in [0.5, 0.6) is 0 Å². The summed E-state index contributed by atoms with van der Waals surface area (Å²) in [6.45, 7) is 3.69. The molecule has 1 saturated heterocycles. The van der Waals surface area contributed by atoms with Gasteiger partial charge in [0.2, 0.25) is 0 Å². The Hall–Kier alpha value is -1.30. The van der Waals surface area contributed by atoms with E-state index in [9.17, 15) is 9.59 Å². The van der Waals surface area contributed by atoms with Crippen molar-refractivity contribution in [3.05, 3.63) is 0 Å². The van der Waals surface area contributed by atoms with Crippen molar-refractivity contribution < 1.29 is 19.4 Å². The van der Waals surface area contributed by atoms with Gasteiger partial charge in [-0.15, -0.1) is 0 Å². The summed E-state index contributed by atoms with van der Waals surface area (Å²) in [4.78, 5) is 22.2. The second-order valence-electron chi connectivity index (χ2n) is 4.61. The van der Waals surface area contributed by atoms with Crippen LogP contribution in [0, 0.1) is 5.92 Å². The van der Waals surface area contributed by atoms with E-state index in [1.807, 2.05) is 6.92 Å². The predicted octanol–water partition coefficient (Wildman–Crippen LogP) is 0.965. The van der Waals surface area contributed by atoms with Crippen molar-refractivity contribution in [1.29, 1.82) is 0 Å². The zero-order valence-electron chi connectivity index (χ0n) is 10.8. The van der Waals surface area contributed by atoms with Crippen molar-refractivity contribution in [1.82, 2.24) is 10.6 Å². The SMILES string of the molecule is CCC(CNC(=O)NC1CCOCC1)CC(=O)O. The van der Waals surface area contributed by atoms with Crippen LogP contribution in [0.4, 0.5) is 4.79 Å². The number of ether oxygens (including phenoxy) is 1. The van der Waals surface area contributed by atoms with E-state index in [1.54, 1.807) is 0 Å². The Morgan fingerprint density at radius 3 is 2.61 bits per heavy atom. The maximum absolute atomic E-state index is 11.6. The molecule has 1 aliphatic heterocycles. The number of carboxylic acids is 1. The number of urea groups is 1. The number of aliphatic carboxylic acids is 1. The molecule has 1 heterocycles. The molecule has 1 unspecified atom stereocenters. The van der Waals surface area contributed by atoms with Gasteiger partial charge in [0.1, 0.15) is 0 Å². The first-order valence-electron chi connectivity index (χ1n) is 6.45. The van der Waals surface area contributed by atoms with Crippen molar-refractivity contribution in [3.8, 4) is 0 Å². The van der Waals surface area contributed by atoms with Crippen molar-refractivity contribution in [2.24, 2.45) is 5.92 Å². The van der Waals surface area contributed by atoms with E-state index in [-0.39, 0.29) is 24.4 Å². The molecule has 1 rings (SSSR count). The Morgan fingerprint density at radius 2 is 2.06 bits per heavy atom. The Morgan fingerprint density at radius 1 is 1.39 bits per heavy atom. The van der Waals surface area contributed by atoms with E-state index < -0.39 is 5.97 Å². The lowest BCUT2D eigenvalue weighted by Gasteiger charge is -2.23. The first-order chi connectivity index (χ1) is 8.61. The summed E-state index contributed by atoms with van der Waals surface area (Å²) in [5.74, 6) is -0.837. The van der Waals surface area contributed by atoms with E-state index >= 15 is 0 Å². The number of carbonyl (C=O) groups excluding carboxylic acids is 1. The van der Waals surface area contributed by atoms with Crippen LogP contribution in [0.2, 0.25) is 0 Å². The van der Waals surface area contributed by atoms with E-state index in [0.717, 1.165) is 19.3 Å². The molecule has 0 aromatic heterocycles. The zero-order chi connectivity index (χ0) is 13.4. The molecule has 6 heteroatoms. The van der Waals surface area contributed by atoms with Gasteiger partial charge in [0.05, 0.1) is 0 Å². The van der Waals surface area contributed by atoms with Crippen molar-refractivity contribution in [2.75, 3.05) is 19.8 Å². The fraction of sp³-hybridized carbons (Fsp3) is 0.833. The highest BCUT2D eigenvalue weighted by Crippen LogP contribution is 2.07. The van der Waals surface area contributed by atoms with Crippen LogP contribution in [0.15, 0.2) is 0 Å². The highest BCUT2D eigenvalue weighted by atomic mass is 16.5. The van der Waals surface area contributed by atoms with E-state index in [1.165, 1.54) is 0 Å². The third kappa shape index (κ3) is 5.86. The molecule has 1 atom stereocenters. The molecule has 2 amide bonds. The first kappa shape index (κ1) is 14.8. The molecular formula is C12H22N2O4. The third-order valence-electron chi connectivity index (χ3n) is 3.15. The summed E-state index contributed by atoms with van der Waals surface area (Å²) in [5, 5.41) is 14.3. The number of hydrogen-bond donors (Lipinski definition) is 3. The summed E-state index contributed by atoms with van der Waals surface area (Å²) < 4.78 is 5.20. The molecule has 0 spiro atoms. The molecule has 6 nitrogen and oxygen atoms in total. The summed E-state index contributed by atoms with van der Waals surface area (Å²) in [7, 11) is 0. The molecule has 3 N–H and O–H groups in total. The smallest absolute Gasteiger partial charge is 0.315 e. The van der Waals surface area contributed by atoms with Crippen LogP contribution >= 0.6 is 0 Å². The molecule has 1 aliphatic rings. The third-order valence-corrected chi connectivity index (χ3v) is 3.15. The van der Waals surface area contributed by atoms with Gasteiger partial charge in [0.15, 0.2) is 0 Å². The van der Waals surface area contributed by atoms with Crippen LogP contribution in [0.1, 0.15) is 32.6 Å². The predicted molar refractivity (Wildman–Crippen MR) is 66.4 cm³/mol. The largest absolute Gasteiger partial charge is 0.481 e. The van der Waals surface area contributed by atoms with Gasteiger partial charge in [-0.25, -0.2) is 4.79 Å². The van der Waals surface area contributed by atoms with Crippen molar-refractivity contribution in [2.45, 2.75) is 38.6 Å². The van der Waals surface area contributed by atoms with Gasteiger partial charge >= 0.3 is 12.0 Å². The monoisotopic (exact) mass is 258 g/mol. The maximum atomic E-state index is 11.6. The van der Waals surface area contributed by atoms with Gasteiger partial charge < -0.3 is 20.5 Å². The topological polar surface area (TPSA) is 87.7 Å². The average Bonchev–Trinajstić information content (AvgIpc) is 2.35. The summed E-state index contributed by atoms with van der Waals surface area (Å²) in [5.41, 5.74) is 0. The number of rotatable bonds is 6. The normalized spacial score (nSPS) is 18.1. The minimum atomic E-state index is -0.825. The second-order valence-corrected chi connectivity index (χ2v) is 4.61. The fourth-order valence-electron chi connectivity index (χ4n) is 1.92. The average molecular weight is 258 g/mol. The quantitative estimate of drug-likeness (QED) is 0.662. The number of carbonyl (C=O) groups is 2. The lowest BCUT2D eigenvalue weighted by atomic mass is 10.0. The number of hydrogen-bond acceptors (Lipinski definition) is 3. The molecular weight excluding hydrogens is 236 g/mol. The highest BCUT2D eigenvalue weighted by Gasteiger charge is 2.17. The van der Waals surface area contributed by atoms with Gasteiger partial charge in [-0.1, -0.05) is 13.3 Å². The lowest BCUT2D eigenvalue weighted by molar-refractivity contribution is -0.138. The van der Waals surface area contributed by atoms with E-state index in [0.29, 0.717) is 19.8 Å². The van der Waals surface area contributed by atoms with Gasteiger partial charge in [-0.3, -0.25) is 4.79 Å². The standard InChI is InChI=1S/C12H22N2O4/c1-2-9(7-11(15)16)8-13-12(17)14-10-3-5-18-6-4-10/h9-10H,2-8H2,1H3,(H,15,16)(H2,13,14,17). The molecule has 0 radical (unpaired) electrons. The lowest BCUT2D eigenvalue weighted by Crippen LogP contribution is -2.45. The van der Waals surface area contributed by atoms with Gasteiger partial charge in [-0.2, -0.15) is 0 Å². The number of carboxylic acid groups (broad SMARTS) is 1. The summed E-state index contributed by atoms with van der Waals surface area (Å²) in [6, 6.07) is -0.0518. The highest BCUT2D eigenvalue weighted by molar-refractivity contribution is 5.74. The van der Waals surface area contributed by atoms with Gasteiger partial charge in [-0.05, 0) is 18.8 Å².